The summed E-state index contributed by atoms with van der Waals surface area (Å²) in [5, 5.41) is 9.71. The zero-order chi connectivity index (χ0) is 11.7. The van der Waals surface area contributed by atoms with Gasteiger partial charge in [-0.3, -0.25) is 0 Å². The van der Waals surface area contributed by atoms with E-state index in [1.807, 2.05) is 50.2 Å². The topological polar surface area (TPSA) is 20.2 Å². The van der Waals surface area contributed by atoms with Crippen LogP contribution in [0.25, 0.3) is 11.1 Å². The van der Waals surface area contributed by atoms with E-state index >= 15 is 0 Å². The van der Waals surface area contributed by atoms with Crippen molar-refractivity contribution in [1.29, 1.82) is 0 Å². The molecule has 0 unspecified atom stereocenters. The second-order valence-electron chi connectivity index (χ2n) is 4.01. The summed E-state index contributed by atoms with van der Waals surface area (Å²) < 4.78 is 0. The van der Waals surface area contributed by atoms with Gasteiger partial charge in [-0.05, 0) is 60.4 Å². The van der Waals surface area contributed by atoms with E-state index in [4.69, 9.17) is 0 Å². The van der Waals surface area contributed by atoms with Gasteiger partial charge in [-0.1, -0.05) is 12.1 Å². The van der Waals surface area contributed by atoms with Crippen molar-refractivity contribution in [3.8, 4) is 16.9 Å². The van der Waals surface area contributed by atoms with Gasteiger partial charge in [-0.25, -0.2) is 0 Å². The number of thiol groups is 1. The lowest BCUT2D eigenvalue weighted by molar-refractivity contribution is 0.467. The Kier molecular flexibility index (Phi) is 2.92. The number of aromatic hydroxyl groups is 1. The third-order valence-electron chi connectivity index (χ3n) is 2.69. The molecule has 82 valence electrons. The summed E-state index contributed by atoms with van der Waals surface area (Å²) in [5.41, 5.74) is 4.08. The molecule has 2 aromatic rings. The lowest BCUT2D eigenvalue weighted by Gasteiger charge is -2.08. The van der Waals surface area contributed by atoms with Crippen LogP contribution in [0.1, 0.15) is 11.1 Å². The van der Waals surface area contributed by atoms with Crippen molar-refractivity contribution < 1.29 is 5.11 Å². The molecule has 0 amide bonds. The van der Waals surface area contributed by atoms with E-state index in [-0.39, 0.29) is 0 Å². The van der Waals surface area contributed by atoms with Crippen LogP contribution in [0.2, 0.25) is 0 Å². The molecule has 1 nitrogen and oxygen atoms in total. The lowest BCUT2D eigenvalue weighted by atomic mass is 10.00. The number of phenolic OH excluding ortho intramolecular Hbond substituents is 1. The van der Waals surface area contributed by atoms with E-state index in [2.05, 4.69) is 12.6 Å². The summed E-state index contributed by atoms with van der Waals surface area (Å²) in [7, 11) is 0. The van der Waals surface area contributed by atoms with Crippen LogP contribution in [0.4, 0.5) is 0 Å². The average Bonchev–Trinajstić information content (AvgIpc) is 2.26. The molecule has 0 bridgehead atoms. The number of hydrogen-bond donors (Lipinski definition) is 2. The van der Waals surface area contributed by atoms with Gasteiger partial charge in [0.25, 0.3) is 0 Å². The molecule has 0 radical (unpaired) electrons. The number of rotatable bonds is 1. The molecule has 0 aliphatic rings. The van der Waals surface area contributed by atoms with Gasteiger partial charge in [0.15, 0.2) is 0 Å². The minimum absolute atomic E-state index is 0.384. The molecule has 0 saturated heterocycles. The van der Waals surface area contributed by atoms with E-state index in [0.29, 0.717) is 5.75 Å². The second kappa shape index (κ2) is 4.22. The van der Waals surface area contributed by atoms with Crippen LogP contribution < -0.4 is 0 Å². The summed E-state index contributed by atoms with van der Waals surface area (Å²) >= 11 is 4.26. The maximum Gasteiger partial charge on any atom is 0.121 e. The molecule has 2 heteroatoms. The molecule has 0 heterocycles. The van der Waals surface area contributed by atoms with E-state index in [1.165, 1.54) is 0 Å². The van der Waals surface area contributed by atoms with E-state index < -0.39 is 0 Å². The summed E-state index contributed by atoms with van der Waals surface area (Å²) in [5.74, 6) is 0.384. The molecule has 0 spiro atoms. The Morgan fingerprint density at radius 3 is 1.88 bits per heavy atom. The van der Waals surface area contributed by atoms with E-state index in [1.54, 1.807) is 0 Å². The first-order valence-corrected chi connectivity index (χ1v) is 5.62. The largest absolute Gasteiger partial charge is 0.507 e. The molecule has 0 fully saturated rings. The maximum absolute atomic E-state index is 9.71. The van der Waals surface area contributed by atoms with Crippen LogP contribution in [0.15, 0.2) is 41.3 Å². The summed E-state index contributed by atoms with van der Waals surface area (Å²) in [6.07, 6.45) is 0. The van der Waals surface area contributed by atoms with Gasteiger partial charge in [-0.15, -0.1) is 12.6 Å². The van der Waals surface area contributed by atoms with Crippen LogP contribution in [0, 0.1) is 13.8 Å². The first kappa shape index (κ1) is 11.1. The van der Waals surface area contributed by atoms with Crippen LogP contribution in [-0.4, -0.2) is 5.11 Å². The molecule has 1 N–H and O–H groups in total. The highest BCUT2D eigenvalue weighted by Crippen LogP contribution is 2.29. The van der Waals surface area contributed by atoms with E-state index in [0.717, 1.165) is 27.1 Å². The summed E-state index contributed by atoms with van der Waals surface area (Å²) in [4.78, 5) is 0.955. The monoisotopic (exact) mass is 230 g/mol. The maximum atomic E-state index is 9.71. The van der Waals surface area contributed by atoms with Crippen LogP contribution >= 0.6 is 12.6 Å². The molecule has 16 heavy (non-hydrogen) atoms. The van der Waals surface area contributed by atoms with Gasteiger partial charge >= 0.3 is 0 Å². The minimum Gasteiger partial charge on any atom is -0.507 e. The zero-order valence-electron chi connectivity index (χ0n) is 9.36. The molecular formula is C14H14OS. The number of benzene rings is 2. The van der Waals surface area contributed by atoms with Crippen LogP contribution in [0.3, 0.4) is 0 Å². The van der Waals surface area contributed by atoms with Crippen molar-refractivity contribution in [2.24, 2.45) is 0 Å². The Bertz CT molecular complexity index is 492. The van der Waals surface area contributed by atoms with Crippen LogP contribution in [-0.2, 0) is 0 Å². The molecule has 0 aliphatic heterocycles. The van der Waals surface area contributed by atoms with Crippen molar-refractivity contribution in [2.75, 3.05) is 0 Å². The highest BCUT2D eigenvalue weighted by Gasteiger charge is 2.04. The van der Waals surface area contributed by atoms with Crippen molar-refractivity contribution >= 4 is 12.6 Å². The van der Waals surface area contributed by atoms with Crippen molar-refractivity contribution in [3.05, 3.63) is 47.5 Å². The SMILES string of the molecule is Cc1cc(-c2ccc(S)cc2)cc(C)c1O. The third kappa shape index (κ3) is 2.07. The second-order valence-corrected chi connectivity index (χ2v) is 4.52. The quantitative estimate of drug-likeness (QED) is 0.710. The summed E-state index contributed by atoms with van der Waals surface area (Å²) in [6.45, 7) is 3.83. The Morgan fingerprint density at radius 1 is 0.875 bits per heavy atom. The van der Waals surface area contributed by atoms with E-state index in [9.17, 15) is 5.11 Å². The van der Waals surface area contributed by atoms with Crippen LogP contribution in [0.5, 0.6) is 5.75 Å². The van der Waals surface area contributed by atoms with Crippen molar-refractivity contribution in [2.45, 2.75) is 18.7 Å². The van der Waals surface area contributed by atoms with Gasteiger partial charge in [-0.2, -0.15) is 0 Å². The fourth-order valence-electron chi connectivity index (χ4n) is 1.78. The minimum atomic E-state index is 0.384. The Balaban J connectivity index is 2.52. The lowest BCUT2D eigenvalue weighted by Crippen LogP contribution is -1.84. The van der Waals surface area contributed by atoms with Gasteiger partial charge < -0.3 is 5.11 Å². The number of phenols is 1. The first-order valence-electron chi connectivity index (χ1n) is 5.17. The standard InChI is InChI=1S/C14H14OS/c1-9-7-12(8-10(2)14(9)15)11-3-5-13(16)6-4-11/h3-8,15-16H,1-2H3. The predicted molar refractivity (Wildman–Crippen MR) is 70.3 cm³/mol. The van der Waals surface area contributed by atoms with Crippen molar-refractivity contribution in [1.82, 2.24) is 0 Å². The molecule has 0 aromatic heterocycles. The van der Waals surface area contributed by atoms with Gasteiger partial charge in [0.1, 0.15) is 5.75 Å². The third-order valence-corrected chi connectivity index (χ3v) is 2.99. The van der Waals surface area contributed by atoms with Gasteiger partial charge in [0.2, 0.25) is 0 Å². The summed E-state index contributed by atoms with van der Waals surface area (Å²) in [6, 6.07) is 12.0. The predicted octanol–water partition coefficient (Wildman–Crippen LogP) is 3.96. The fraction of sp³-hybridized carbons (Fsp3) is 0.143. The van der Waals surface area contributed by atoms with Gasteiger partial charge in [0, 0.05) is 4.90 Å². The Labute approximate surface area is 101 Å². The highest BCUT2D eigenvalue weighted by molar-refractivity contribution is 7.80. The highest BCUT2D eigenvalue weighted by atomic mass is 32.1. The molecule has 0 aliphatic carbocycles. The molecule has 0 atom stereocenters. The molecule has 2 aromatic carbocycles. The average molecular weight is 230 g/mol. The number of aryl methyl sites for hydroxylation is 2. The van der Waals surface area contributed by atoms with Crippen molar-refractivity contribution in [3.63, 3.8) is 0 Å². The number of hydrogen-bond acceptors (Lipinski definition) is 2. The normalized spacial score (nSPS) is 10.4. The molecule has 2 rings (SSSR count). The smallest absolute Gasteiger partial charge is 0.121 e. The molecule has 0 saturated carbocycles. The first-order chi connectivity index (χ1) is 7.58. The Hall–Kier alpha value is -1.41. The zero-order valence-corrected chi connectivity index (χ0v) is 10.3. The fourth-order valence-corrected chi connectivity index (χ4v) is 1.93. The Morgan fingerprint density at radius 2 is 1.38 bits per heavy atom. The van der Waals surface area contributed by atoms with Gasteiger partial charge in [0.05, 0.1) is 0 Å². The molecular weight excluding hydrogens is 216 g/mol.